The van der Waals surface area contributed by atoms with Crippen molar-refractivity contribution in [2.45, 2.75) is 19.8 Å². The molecule has 108 valence electrons. The van der Waals surface area contributed by atoms with Crippen molar-refractivity contribution in [2.75, 3.05) is 13.1 Å². The van der Waals surface area contributed by atoms with Gasteiger partial charge in [-0.25, -0.2) is 0 Å². The van der Waals surface area contributed by atoms with Gasteiger partial charge in [0.25, 0.3) is 5.91 Å². The first-order valence-electron chi connectivity index (χ1n) is 6.33. The van der Waals surface area contributed by atoms with E-state index >= 15 is 0 Å². The molecule has 6 nitrogen and oxygen atoms in total. The van der Waals surface area contributed by atoms with Crippen LogP contribution in [0.25, 0.3) is 0 Å². The van der Waals surface area contributed by atoms with E-state index in [-0.39, 0.29) is 31.3 Å². The van der Waals surface area contributed by atoms with Gasteiger partial charge >= 0.3 is 5.97 Å². The molecule has 1 rings (SSSR count). The Balaban J connectivity index is 2.29. The number of aryl methyl sites for hydroxylation is 1. The molecule has 0 unspecified atom stereocenters. The number of rotatable bonds is 7. The lowest BCUT2D eigenvalue weighted by Gasteiger charge is -2.08. The van der Waals surface area contributed by atoms with Gasteiger partial charge in [0.05, 0.1) is 6.54 Å². The first-order valence-corrected chi connectivity index (χ1v) is 6.33. The van der Waals surface area contributed by atoms with Gasteiger partial charge in [0.15, 0.2) is 0 Å². The maximum Gasteiger partial charge on any atom is 0.303 e. The van der Waals surface area contributed by atoms with Gasteiger partial charge < -0.3 is 15.7 Å². The first kappa shape index (κ1) is 15.7. The highest BCUT2D eigenvalue weighted by atomic mass is 16.4. The van der Waals surface area contributed by atoms with E-state index in [0.717, 1.165) is 5.56 Å². The summed E-state index contributed by atoms with van der Waals surface area (Å²) < 4.78 is 0. The van der Waals surface area contributed by atoms with E-state index in [9.17, 15) is 14.4 Å². The molecule has 0 saturated carbocycles. The zero-order valence-electron chi connectivity index (χ0n) is 11.3. The van der Waals surface area contributed by atoms with E-state index in [1.54, 1.807) is 12.1 Å². The molecule has 0 aliphatic heterocycles. The summed E-state index contributed by atoms with van der Waals surface area (Å²) in [6.45, 7) is 1.98. The average molecular weight is 278 g/mol. The number of aliphatic carboxylic acids is 1. The maximum absolute atomic E-state index is 11.8. The molecule has 0 aromatic heterocycles. The number of nitrogens with one attached hydrogen (secondary N) is 2. The predicted molar refractivity (Wildman–Crippen MR) is 73.4 cm³/mol. The minimum atomic E-state index is -0.896. The van der Waals surface area contributed by atoms with Gasteiger partial charge in [-0.2, -0.15) is 0 Å². The zero-order chi connectivity index (χ0) is 15.0. The van der Waals surface area contributed by atoms with Crippen molar-refractivity contribution in [1.82, 2.24) is 10.6 Å². The molecule has 0 spiro atoms. The third kappa shape index (κ3) is 5.51. The Labute approximate surface area is 117 Å². The van der Waals surface area contributed by atoms with Crippen molar-refractivity contribution < 1.29 is 19.5 Å². The van der Waals surface area contributed by atoms with Crippen LogP contribution in [0.5, 0.6) is 0 Å². The van der Waals surface area contributed by atoms with E-state index in [4.69, 9.17) is 5.11 Å². The van der Waals surface area contributed by atoms with Crippen LogP contribution in [-0.2, 0) is 9.59 Å². The van der Waals surface area contributed by atoms with E-state index in [1.165, 1.54) is 0 Å². The smallest absolute Gasteiger partial charge is 0.303 e. The van der Waals surface area contributed by atoms with Crippen molar-refractivity contribution in [2.24, 2.45) is 0 Å². The molecule has 20 heavy (non-hydrogen) atoms. The quantitative estimate of drug-likeness (QED) is 0.640. The molecule has 0 saturated heterocycles. The highest BCUT2D eigenvalue weighted by Gasteiger charge is 2.09. The van der Waals surface area contributed by atoms with E-state index in [0.29, 0.717) is 12.0 Å². The number of carboxylic acid groups (broad SMARTS) is 1. The van der Waals surface area contributed by atoms with Crippen LogP contribution in [0.15, 0.2) is 24.3 Å². The largest absolute Gasteiger partial charge is 0.481 e. The molecule has 2 amide bonds. The van der Waals surface area contributed by atoms with E-state index < -0.39 is 5.97 Å². The molecule has 0 bridgehead atoms. The van der Waals surface area contributed by atoms with Crippen molar-refractivity contribution in [3.05, 3.63) is 35.4 Å². The van der Waals surface area contributed by atoms with Crippen LogP contribution in [0.4, 0.5) is 0 Å². The third-order valence-electron chi connectivity index (χ3n) is 2.69. The summed E-state index contributed by atoms with van der Waals surface area (Å²) in [5, 5.41) is 13.5. The van der Waals surface area contributed by atoms with Crippen molar-refractivity contribution in [3.8, 4) is 0 Å². The summed E-state index contributed by atoms with van der Waals surface area (Å²) in [7, 11) is 0. The lowest BCUT2D eigenvalue weighted by Crippen LogP contribution is -2.37. The van der Waals surface area contributed by atoms with Crippen LogP contribution in [0.1, 0.15) is 28.8 Å². The molecule has 0 atom stereocenters. The van der Waals surface area contributed by atoms with Crippen molar-refractivity contribution in [3.63, 3.8) is 0 Å². The number of carboxylic acids is 1. The van der Waals surface area contributed by atoms with Gasteiger partial charge in [-0.1, -0.05) is 18.2 Å². The Hall–Kier alpha value is -2.37. The molecule has 0 aliphatic rings. The molecule has 1 aromatic rings. The SMILES string of the molecule is Cc1ccccc1C(=O)NCC(=O)NCCCC(=O)O. The molecule has 0 aliphatic carbocycles. The van der Waals surface area contributed by atoms with Crippen LogP contribution < -0.4 is 10.6 Å². The number of carbonyl (C=O) groups is 3. The summed E-state index contributed by atoms with van der Waals surface area (Å²) in [6, 6.07) is 7.10. The average Bonchev–Trinajstić information content (AvgIpc) is 2.41. The monoisotopic (exact) mass is 278 g/mol. The van der Waals surface area contributed by atoms with Crippen molar-refractivity contribution in [1.29, 1.82) is 0 Å². The first-order chi connectivity index (χ1) is 9.50. The highest BCUT2D eigenvalue weighted by molar-refractivity contribution is 5.97. The number of benzene rings is 1. The van der Waals surface area contributed by atoms with Gasteiger partial charge in [0.1, 0.15) is 0 Å². The van der Waals surface area contributed by atoms with Gasteiger partial charge in [0, 0.05) is 18.5 Å². The fourth-order valence-corrected chi connectivity index (χ4v) is 1.61. The minimum absolute atomic E-state index is 0.00977. The summed E-state index contributed by atoms with van der Waals surface area (Å²) in [4.78, 5) is 33.5. The number of amides is 2. The summed E-state index contributed by atoms with van der Waals surface area (Å²) >= 11 is 0. The minimum Gasteiger partial charge on any atom is -0.481 e. The number of hydrogen-bond donors (Lipinski definition) is 3. The molecule has 1 aromatic carbocycles. The standard InChI is InChI=1S/C14H18N2O4/c1-10-5-2-3-6-11(10)14(20)16-9-12(17)15-8-4-7-13(18)19/h2-3,5-6H,4,7-9H2,1H3,(H,15,17)(H,16,20)(H,18,19). The summed E-state index contributed by atoms with van der Waals surface area (Å²) in [5.74, 6) is -1.53. The van der Waals surface area contributed by atoms with Crippen molar-refractivity contribution >= 4 is 17.8 Å². The molecular formula is C14H18N2O4. The van der Waals surface area contributed by atoms with Gasteiger partial charge in [-0.15, -0.1) is 0 Å². The van der Waals surface area contributed by atoms with Gasteiger partial charge in [-0.05, 0) is 25.0 Å². The highest BCUT2D eigenvalue weighted by Crippen LogP contribution is 2.05. The maximum atomic E-state index is 11.8. The number of carbonyl (C=O) groups excluding carboxylic acids is 2. The zero-order valence-corrected chi connectivity index (χ0v) is 11.3. The third-order valence-corrected chi connectivity index (χ3v) is 2.69. The normalized spacial score (nSPS) is 9.85. The second kappa shape index (κ2) is 7.93. The fourth-order valence-electron chi connectivity index (χ4n) is 1.61. The Morgan fingerprint density at radius 1 is 1.15 bits per heavy atom. The Kier molecular flexibility index (Phi) is 6.22. The Morgan fingerprint density at radius 3 is 2.50 bits per heavy atom. The molecule has 0 radical (unpaired) electrons. The molecule has 0 fully saturated rings. The molecular weight excluding hydrogens is 260 g/mol. The predicted octanol–water partition coefficient (Wildman–Crippen LogP) is 0.706. The van der Waals surface area contributed by atoms with Gasteiger partial charge in [-0.3, -0.25) is 14.4 Å². The Bertz CT molecular complexity index is 500. The summed E-state index contributed by atoms with van der Waals surface area (Å²) in [6.07, 6.45) is 0.378. The van der Waals surface area contributed by atoms with Crippen LogP contribution in [-0.4, -0.2) is 36.0 Å². The van der Waals surface area contributed by atoms with Crippen LogP contribution >= 0.6 is 0 Å². The van der Waals surface area contributed by atoms with Gasteiger partial charge in [0.2, 0.25) is 5.91 Å². The lowest BCUT2D eigenvalue weighted by molar-refractivity contribution is -0.137. The van der Waals surface area contributed by atoms with E-state index in [1.807, 2.05) is 19.1 Å². The van der Waals surface area contributed by atoms with Crippen LogP contribution in [0, 0.1) is 6.92 Å². The molecule has 6 heteroatoms. The Morgan fingerprint density at radius 2 is 1.85 bits per heavy atom. The summed E-state index contributed by atoms with van der Waals surface area (Å²) in [5.41, 5.74) is 1.37. The molecule has 3 N–H and O–H groups in total. The molecule has 0 heterocycles. The second-order valence-electron chi connectivity index (χ2n) is 4.34. The van der Waals surface area contributed by atoms with Crippen LogP contribution in [0.2, 0.25) is 0 Å². The topological polar surface area (TPSA) is 95.5 Å². The van der Waals surface area contributed by atoms with Crippen LogP contribution in [0.3, 0.4) is 0 Å². The van der Waals surface area contributed by atoms with E-state index in [2.05, 4.69) is 10.6 Å². The number of hydrogen-bond acceptors (Lipinski definition) is 3. The lowest BCUT2D eigenvalue weighted by atomic mass is 10.1. The fraction of sp³-hybridized carbons (Fsp3) is 0.357. The second-order valence-corrected chi connectivity index (χ2v) is 4.34.